The third-order valence-corrected chi connectivity index (χ3v) is 4.20. The van der Waals surface area contributed by atoms with Crippen LogP contribution in [-0.4, -0.2) is 10.2 Å². The second-order valence-corrected chi connectivity index (χ2v) is 6.26. The number of benzene rings is 2. The Morgan fingerprint density at radius 1 is 0.714 bits per heavy atom. The topological polar surface area (TPSA) is 34.1 Å². The molecule has 0 atom stereocenters. The molecule has 3 heteroatoms. The Morgan fingerprint density at radius 3 is 1.43 bits per heavy atom. The number of aryl methyl sites for hydroxylation is 4. The lowest BCUT2D eigenvalue weighted by atomic mass is 10.1. The molecule has 0 aromatic heterocycles. The van der Waals surface area contributed by atoms with Crippen LogP contribution in [0.1, 0.15) is 43.0 Å². The van der Waals surface area contributed by atoms with E-state index in [9.17, 15) is 9.59 Å². The van der Waals surface area contributed by atoms with Gasteiger partial charge >= 0.3 is 0 Å². The van der Waals surface area contributed by atoms with Gasteiger partial charge in [-0.15, -0.1) is 0 Å². The van der Waals surface area contributed by atoms with Crippen LogP contribution in [0.2, 0.25) is 0 Å². The highest BCUT2D eigenvalue weighted by Gasteiger charge is 2.17. The second kappa shape index (κ2) is 6.27. The van der Waals surface area contributed by atoms with Crippen molar-refractivity contribution in [2.45, 2.75) is 27.7 Å². The number of hydrogen-bond acceptors (Lipinski definition) is 3. The van der Waals surface area contributed by atoms with Gasteiger partial charge in [-0.05, 0) is 62.7 Å². The van der Waals surface area contributed by atoms with E-state index < -0.39 is 0 Å². The van der Waals surface area contributed by atoms with Crippen LogP contribution >= 0.6 is 11.8 Å². The first-order valence-electron chi connectivity index (χ1n) is 6.79. The van der Waals surface area contributed by atoms with Crippen molar-refractivity contribution < 1.29 is 9.59 Å². The predicted octanol–water partition coefficient (Wildman–Crippen LogP) is 4.63. The van der Waals surface area contributed by atoms with Crippen molar-refractivity contribution in [3.8, 4) is 0 Å². The second-order valence-electron chi connectivity index (χ2n) is 5.31. The van der Waals surface area contributed by atoms with Gasteiger partial charge in [0.05, 0.1) is 0 Å². The van der Waals surface area contributed by atoms with Gasteiger partial charge in [0.15, 0.2) is 0 Å². The molecule has 2 rings (SSSR count). The summed E-state index contributed by atoms with van der Waals surface area (Å²) in [7, 11) is 0. The molecule has 0 fully saturated rings. The zero-order valence-corrected chi connectivity index (χ0v) is 13.5. The minimum absolute atomic E-state index is 0.197. The molecule has 0 amide bonds. The average molecular weight is 298 g/mol. The van der Waals surface area contributed by atoms with Crippen molar-refractivity contribution in [3.63, 3.8) is 0 Å². The van der Waals surface area contributed by atoms with Crippen LogP contribution in [0.5, 0.6) is 0 Å². The summed E-state index contributed by atoms with van der Waals surface area (Å²) in [5.41, 5.74) is 5.22. The first kappa shape index (κ1) is 15.5. The molecule has 0 spiro atoms. The number of hydrogen-bond donors (Lipinski definition) is 0. The van der Waals surface area contributed by atoms with Gasteiger partial charge in [-0.2, -0.15) is 0 Å². The summed E-state index contributed by atoms with van der Waals surface area (Å²) in [6.45, 7) is 7.75. The van der Waals surface area contributed by atoms with Crippen molar-refractivity contribution in [2.24, 2.45) is 0 Å². The standard InChI is InChI=1S/C18H18O2S/c1-11-5-7-15(13(3)9-11)17(19)21-18(20)16-8-6-12(2)10-14(16)4/h5-10H,1-4H3. The van der Waals surface area contributed by atoms with Gasteiger partial charge in [-0.25, -0.2) is 0 Å². The molecule has 0 N–H and O–H groups in total. The van der Waals surface area contributed by atoms with E-state index in [-0.39, 0.29) is 10.2 Å². The van der Waals surface area contributed by atoms with E-state index in [4.69, 9.17) is 0 Å². The molecule has 0 saturated heterocycles. The van der Waals surface area contributed by atoms with Crippen molar-refractivity contribution in [2.75, 3.05) is 0 Å². The van der Waals surface area contributed by atoms with Crippen LogP contribution in [0.25, 0.3) is 0 Å². The molecule has 0 aliphatic heterocycles. The minimum atomic E-state index is -0.197. The molecular weight excluding hydrogens is 280 g/mol. The van der Waals surface area contributed by atoms with E-state index in [0.717, 1.165) is 34.0 Å². The zero-order valence-electron chi connectivity index (χ0n) is 12.7. The quantitative estimate of drug-likeness (QED) is 0.810. The highest BCUT2D eigenvalue weighted by Crippen LogP contribution is 2.23. The molecular formula is C18H18O2S. The number of thioether (sulfide) groups is 1. The van der Waals surface area contributed by atoms with E-state index in [1.54, 1.807) is 12.1 Å². The van der Waals surface area contributed by atoms with Gasteiger partial charge in [0, 0.05) is 11.1 Å². The van der Waals surface area contributed by atoms with Gasteiger partial charge in [0.2, 0.25) is 10.2 Å². The molecule has 0 aliphatic carbocycles. The summed E-state index contributed by atoms with van der Waals surface area (Å²) < 4.78 is 0. The zero-order chi connectivity index (χ0) is 15.6. The molecule has 0 saturated carbocycles. The van der Waals surface area contributed by atoms with E-state index >= 15 is 0 Å². The number of carbonyl (C=O) groups is 2. The summed E-state index contributed by atoms with van der Waals surface area (Å²) in [4.78, 5) is 24.6. The number of rotatable bonds is 2. The smallest absolute Gasteiger partial charge is 0.227 e. The van der Waals surface area contributed by atoms with Gasteiger partial charge < -0.3 is 0 Å². The average Bonchev–Trinajstić information content (AvgIpc) is 2.37. The molecule has 0 bridgehead atoms. The summed E-state index contributed by atoms with van der Waals surface area (Å²) in [6, 6.07) is 11.3. The van der Waals surface area contributed by atoms with Gasteiger partial charge in [-0.1, -0.05) is 35.4 Å². The molecule has 2 aromatic carbocycles. The molecule has 2 aromatic rings. The monoisotopic (exact) mass is 298 g/mol. The van der Waals surface area contributed by atoms with E-state index in [0.29, 0.717) is 11.1 Å². The third-order valence-electron chi connectivity index (χ3n) is 3.39. The molecule has 21 heavy (non-hydrogen) atoms. The van der Waals surface area contributed by atoms with Crippen LogP contribution in [0, 0.1) is 27.7 Å². The van der Waals surface area contributed by atoms with Gasteiger partial charge in [0.1, 0.15) is 0 Å². The van der Waals surface area contributed by atoms with E-state index in [1.807, 2.05) is 52.0 Å². The maximum atomic E-state index is 12.3. The van der Waals surface area contributed by atoms with E-state index in [1.165, 1.54) is 0 Å². The van der Waals surface area contributed by atoms with Crippen molar-refractivity contribution in [1.82, 2.24) is 0 Å². The van der Waals surface area contributed by atoms with Crippen molar-refractivity contribution in [3.05, 3.63) is 69.8 Å². The van der Waals surface area contributed by atoms with Crippen molar-refractivity contribution in [1.29, 1.82) is 0 Å². The molecule has 0 heterocycles. The maximum absolute atomic E-state index is 12.3. The summed E-state index contributed by atoms with van der Waals surface area (Å²) >= 11 is 0.768. The first-order valence-corrected chi connectivity index (χ1v) is 7.61. The summed E-state index contributed by atoms with van der Waals surface area (Å²) in [5, 5.41) is -0.394. The van der Waals surface area contributed by atoms with Crippen LogP contribution < -0.4 is 0 Å². The minimum Gasteiger partial charge on any atom is -0.281 e. The molecule has 0 aliphatic rings. The van der Waals surface area contributed by atoms with Crippen LogP contribution in [0.3, 0.4) is 0 Å². The van der Waals surface area contributed by atoms with E-state index in [2.05, 4.69) is 0 Å². The summed E-state index contributed by atoms with van der Waals surface area (Å²) in [6.07, 6.45) is 0. The van der Waals surface area contributed by atoms with Crippen LogP contribution in [-0.2, 0) is 0 Å². The number of carbonyl (C=O) groups excluding carboxylic acids is 2. The summed E-state index contributed by atoms with van der Waals surface area (Å²) in [5.74, 6) is 0. The molecule has 0 unspecified atom stereocenters. The predicted molar refractivity (Wildman–Crippen MR) is 88.1 cm³/mol. The SMILES string of the molecule is Cc1ccc(C(=O)SC(=O)c2ccc(C)cc2C)c(C)c1. The lowest BCUT2D eigenvalue weighted by molar-refractivity contribution is 0.106. The largest absolute Gasteiger partial charge is 0.281 e. The molecule has 2 nitrogen and oxygen atoms in total. The fourth-order valence-corrected chi connectivity index (χ4v) is 3.13. The Morgan fingerprint density at radius 2 is 1.10 bits per heavy atom. The Bertz CT molecular complexity index is 656. The maximum Gasteiger partial charge on any atom is 0.227 e. The van der Waals surface area contributed by atoms with Gasteiger partial charge in [0.25, 0.3) is 0 Å². The highest BCUT2D eigenvalue weighted by atomic mass is 32.2. The Balaban J connectivity index is 2.21. The van der Waals surface area contributed by atoms with Crippen LogP contribution in [0.15, 0.2) is 36.4 Å². The van der Waals surface area contributed by atoms with Gasteiger partial charge in [-0.3, -0.25) is 9.59 Å². The lowest BCUT2D eigenvalue weighted by Crippen LogP contribution is -2.04. The third kappa shape index (κ3) is 3.61. The normalized spacial score (nSPS) is 10.5. The Kier molecular flexibility index (Phi) is 4.63. The fourth-order valence-electron chi connectivity index (χ4n) is 2.28. The Hall–Kier alpha value is -1.87. The molecule has 0 radical (unpaired) electrons. The fraction of sp³-hybridized carbons (Fsp3) is 0.222. The van der Waals surface area contributed by atoms with Crippen LogP contribution in [0.4, 0.5) is 0 Å². The van der Waals surface area contributed by atoms with Crippen molar-refractivity contribution >= 4 is 22.0 Å². The molecule has 108 valence electrons. The highest BCUT2D eigenvalue weighted by molar-refractivity contribution is 8.27. The lowest BCUT2D eigenvalue weighted by Gasteiger charge is -2.07. The first-order chi connectivity index (χ1) is 9.88. The Labute approximate surface area is 129 Å².